The molecule has 1 saturated heterocycles. The third kappa shape index (κ3) is 2.48. The minimum absolute atomic E-state index is 0.663. The van der Waals surface area contributed by atoms with Crippen LogP contribution in [-0.2, 0) is 0 Å². The fourth-order valence-electron chi connectivity index (χ4n) is 1.93. The van der Waals surface area contributed by atoms with Crippen LogP contribution in [0.3, 0.4) is 0 Å². The van der Waals surface area contributed by atoms with Gasteiger partial charge in [0.05, 0.1) is 0 Å². The molecule has 0 aromatic heterocycles. The molecule has 2 heteroatoms. The maximum absolute atomic E-state index is 3.48. The minimum Gasteiger partial charge on any atom is -0.383 e. The van der Waals surface area contributed by atoms with Crippen LogP contribution in [0.4, 0.5) is 5.69 Å². The quantitative estimate of drug-likeness (QED) is 0.763. The first-order valence-corrected chi connectivity index (χ1v) is 5.38. The Morgan fingerprint density at radius 2 is 2.43 bits per heavy atom. The van der Waals surface area contributed by atoms with Crippen LogP contribution in [0.5, 0.6) is 0 Å². The standard InChI is InChI=1S/C12H18N2/c1-10-4-2-5-11(8-10)14-9-12-6-3-7-13-12/h2,4-5,8,12-14H,3,6-7,9H2,1H3/t12-/m0/s1. The second-order valence-electron chi connectivity index (χ2n) is 4.04. The summed E-state index contributed by atoms with van der Waals surface area (Å²) in [6.45, 7) is 4.35. The Labute approximate surface area is 85.7 Å². The molecule has 1 aliphatic heterocycles. The highest BCUT2D eigenvalue weighted by Crippen LogP contribution is 2.11. The lowest BCUT2D eigenvalue weighted by Gasteiger charge is -2.12. The largest absolute Gasteiger partial charge is 0.383 e. The summed E-state index contributed by atoms with van der Waals surface area (Å²) in [6, 6.07) is 9.20. The molecule has 0 radical (unpaired) electrons. The second-order valence-corrected chi connectivity index (χ2v) is 4.04. The summed E-state index contributed by atoms with van der Waals surface area (Å²) in [5.41, 5.74) is 2.55. The van der Waals surface area contributed by atoms with E-state index < -0.39 is 0 Å². The molecule has 14 heavy (non-hydrogen) atoms. The number of hydrogen-bond donors (Lipinski definition) is 2. The highest BCUT2D eigenvalue weighted by molar-refractivity contribution is 5.45. The molecule has 0 amide bonds. The first-order valence-electron chi connectivity index (χ1n) is 5.38. The van der Waals surface area contributed by atoms with Gasteiger partial charge < -0.3 is 10.6 Å². The van der Waals surface area contributed by atoms with Crippen molar-refractivity contribution in [3.05, 3.63) is 29.8 Å². The molecule has 0 bridgehead atoms. The fraction of sp³-hybridized carbons (Fsp3) is 0.500. The van der Waals surface area contributed by atoms with Crippen LogP contribution in [0, 0.1) is 6.92 Å². The molecule has 0 unspecified atom stereocenters. The van der Waals surface area contributed by atoms with E-state index in [0.29, 0.717) is 6.04 Å². The first-order chi connectivity index (χ1) is 6.84. The summed E-state index contributed by atoms with van der Waals surface area (Å²) in [7, 11) is 0. The van der Waals surface area contributed by atoms with E-state index in [4.69, 9.17) is 0 Å². The first kappa shape index (κ1) is 9.53. The van der Waals surface area contributed by atoms with Crippen molar-refractivity contribution in [3.63, 3.8) is 0 Å². The van der Waals surface area contributed by atoms with E-state index in [1.807, 2.05) is 0 Å². The van der Waals surface area contributed by atoms with Crippen molar-refractivity contribution in [1.29, 1.82) is 0 Å². The Morgan fingerprint density at radius 3 is 3.14 bits per heavy atom. The van der Waals surface area contributed by atoms with Crippen LogP contribution in [0.1, 0.15) is 18.4 Å². The van der Waals surface area contributed by atoms with Crippen LogP contribution >= 0.6 is 0 Å². The summed E-state index contributed by atoms with van der Waals surface area (Å²) in [4.78, 5) is 0. The number of anilines is 1. The van der Waals surface area contributed by atoms with Crippen molar-refractivity contribution in [3.8, 4) is 0 Å². The maximum Gasteiger partial charge on any atom is 0.0343 e. The van der Waals surface area contributed by atoms with Gasteiger partial charge in [-0.2, -0.15) is 0 Å². The van der Waals surface area contributed by atoms with Crippen molar-refractivity contribution in [2.24, 2.45) is 0 Å². The van der Waals surface area contributed by atoms with Gasteiger partial charge in [0, 0.05) is 18.3 Å². The normalized spacial score (nSPS) is 21.1. The van der Waals surface area contributed by atoms with Crippen LogP contribution < -0.4 is 10.6 Å². The summed E-state index contributed by atoms with van der Waals surface area (Å²) in [6.07, 6.45) is 2.62. The van der Waals surface area contributed by atoms with E-state index in [-0.39, 0.29) is 0 Å². The number of nitrogens with one attached hydrogen (secondary N) is 2. The van der Waals surface area contributed by atoms with Gasteiger partial charge in [-0.3, -0.25) is 0 Å². The third-order valence-electron chi connectivity index (χ3n) is 2.73. The van der Waals surface area contributed by atoms with E-state index >= 15 is 0 Å². The Balaban J connectivity index is 1.85. The molecule has 1 aromatic carbocycles. The molecule has 2 nitrogen and oxygen atoms in total. The van der Waals surface area contributed by atoms with Crippen molar-refractivity contribution in [1.82, 2.24) is 5.32 Å². The Kier molecular flexibility index (Phi) is 3.04. The summed E-state index contributed by atoms with van der Waals surface area (Å²) in [5, 5.41) is 6.94. The highest BCUT2D eigenvalue weighted by Gasteiger charge is 2.12. The second kappa shape index (κ2) is 4.47. The monoisotopic (exact) mass is 190 g/mol. The molecule has 1 heterocycles. The van der Waals surface area contributed by atoms with Crippen LogP contribution in [0.2, 0.25) is 0 Å². The van der Waals surface area contributed by atoms with Crippen LogP contribution in [0.15, 0.2) is 24.3 Å². The zero-order chi connectivity index (χ0) is 9.80. The summed E-state index contributed by atoms with van der Waals surface area (Å²) < 4.78 is 0. The van der Waals surface area contributed by atoms with E-state index in [1.54, 1.807) is 0 Å². The van der Waals surface area contributed by atoms with Crippen molar-refractivity contribution in [2.75, 3.05) is 18.4 Å². The van der Waals surface area contributed by atoms with E-state index in [1.165, 1.54) is 30.6 Å². The molecule has 1 atom stereocenters. The van der Waals surface area contributed by atoms with E-state index in [0.717, 1.165) is 6.54 Å². The van der Waals surface area contributed by atoms with Gasteiger partial charge in [0.15, 0.2) is 0 Å². The molecule has 0 spiro atoms. The van der Waals surface area contributed by atoms with Gasteiger partial charge in [-0.25, -0.2) is 0 Å². The van der Waals surface area contributed by atoms with Gasteiger partial charge in [0.2, 0.25) is 0 Å². The lowest BCUT2D eigenvalue weighted by Crippen LogP contribution is -2.29. The van der Waals surface area contributed by atoms with E-state index in [9.17, 15) is 0 Å². The molecule has 1 fully saturated rings. The molecule has 2 N–H and O–H groups in total. The minimum atomic E-state index is 0.663. The number of hydrogen-bond acceptors (Lipinski definition) is 2. The van der Waals surface area contributed by atoms with Gasteiger partial charge in [-0.15, -0.1) is 0 Å². The lowest BCUT2D eigenvalue weighted by atomic mass is 10.2. The van der Waals surface area contributed by atoms with Crippen molar-refractivity contribution in [2.45, 2.75) is 25.8 Å². The number of benzene rings is 1. The maximum atomic E-state index is 3.48. The van der Waals surface area contributed by atoms with Crippen LogP contribution in [-0.4, -0.2) is 19.1 Å². The summed E-state index contributed by atoms with van der Waals surface area (Å²) in [5.74, 6) is 0. The topological polar surface area (TPSA) is 24.1 Å². The smallest absolute Gasteiger partial charge is 0.0343 e. The molecule has 2 rings (SSSR count). The zero-order valence-corrected chi connectivity index (χ0v) is 8.72. The molecule has 1 aromatic rings. The molecular formula is C12H18N2. The predicted molar refractivity (Wildman–Crippen MR) is 60.7 cm³/mol. The van der Waals surface area contributed by atoms with Gasteiger partial charge in [-0.1, -0.05) is 12.1 Å². The van der Waals surface area contributed by atoms with Crippen LogP contribution in [0.25, 0.3) is 0 Å². The predicted octanol–water partition coefficient (Wildman–Crippen LogP) is 2.16. The Hall–Kier alpha value is -1.02. The SMILES string of the molecule is Cc1cccc(NC[C@@H]2CCCN2)c1. The van der Waals surface area contributed by atoms with Gasteiger partial charge in [0.1, 0.15) is 0 Å². The Bertz CT molecular complexity index is 290. The van der Waals surface area contributed by atoms with Gasteiger partial charge in [-0.05, 0) is 44.0 Å². The number of rotatable bonds is 3. The van der Waals surface area contributed by atoms with Gasteiger partial charge in [0.25, 0.3) is 0 Å². The fourth-order valence-corrected chi connectivity index (χ4v) is 1.93. The molecule has 1 aliphatic rings. The summed E-state index contributed by atoms with van der Waals surface area (Å²) >= 11 is 0. The van der Waals surface area contributed by atoms with Crippen molar-refractivity contribution >= 4 is 5.69 Å². The number of aryl methyl sites for hydroxylation is 1. The average Bonchev–Trinajstić information content (AvgIpc) is 2.67. The highest BCUT2D eigenvalue weighted by atomic mass is 15.0. The van der Waals surface area contributed by atoms with Crippen molar-refractivity contribution < 1.29 is 0 Å². The van der Waals surface area contributed by atoms with E-state index in [2.05, 4.69) is 41.8 Å². The Morgan fingerprint density at radius 1 is 1.50 bits per heavy atom. The lowest BCUT2D eigenvalue weighted by molar-refractivity contribution is 0.633. The van der Waals surface area contributed by atoms with Gasteiger partial charge >= 0.3 is 0 Å². The molecule has 0 aliphatic carbocycles. The third-order valence-corrected chi connectivity index (χ3v) is 2.73. The average molecular weight is 190 g/mol. The zero-order valence-electron chi connectivity index (χ0n) is 8.72. The molecular weight excluding hydrogens is 172 g/mol. The molecule has 0 saturated carbocycles. The molecule has 76 valence electrons.